The van der Waals surface area contributed by atoms with Crippen LogP contribution in [-0.2, 0) is 18.7 Å². The number of ether oxygens (including phenoxy) is 2. The van der Waals surface area contributed by atoms with Crippen LogP contribution < -0.4 is 10.4 Å². The van der Waals surface area contributed by atoms with Crippen molar-refractivity contribution in [1.29, 1.82) is 0 Å². The fourth-order valence-electron chi connectivity index (χ4n) is 4.98. The lowest BCUT2D eigenvalue weighted by Gasteiger charge is -2.47. The van der Waals surface area contributed by atoms with E-state index in [2.05, 4.69) is 86.3 Å². The smallest absolute Gasteiger partial charge is 0.308 e. The minimum atomic E-state index is -2.50. The Morgan fingerprint density at radius 2 is 1.50 bits per heavy atom. The third kappa shape index (κ3) is 7.51. The molecular weight excluding hydrogens is 466 g/mol. The highest BCUT2D eigenvalue weighted by Crippen LogP contribution is 2.37. The topological polar surface area (TPSA) is 48.0 Å². The van der Waals surface area contributed by atoms with Gasteiger partial charge in [-0.2, -0.15) is 0 Å². The Labute approximate surface area is 219 Å². The molecule has 0 aliphatic carbocycles. The van der Waals surface area contributed by atoms with Gasteiger partial charge in [-0.1, -0.05) is 81.4 Å². The first-order chi connectivity index (χ1) is 17.0. The van der Waals surface area contributed by atoms with Gasteiger partial charge in [-0.05, 0) is 49.0 Å². The normalized spacial score (nSPS) is 17.0. The zero-order valence-electron chi connectivity index (χ0n) is 23.1. The molecule has 1 heterocycles. The third-order valence-electron chi connectivity index (χ3n) is 6.78. The van der Waals surface area contributed by atoms with Gasteiger partial charge < -0.3 is 13.9 Å². The van der Waals surface area contributed by atoms with Crippen molar-refractivity contribution in [2.24, 2.45) is 0 Å². The van der Waals surface area contributed by atoms with Crippen molar-refractivity contribution in [3.8, 4) is 0 Å². The van der Waals surface area contributed by atoms with Gasteiger partial charge in [0.05, 0.1) is 19.6 Å². The van der Waals surface area contributed by atoms with Crippen molar-refractivity contribution in [2.45, 2.75) is 77.5 Å². The number of hydrogen-bond acceptors (Lipinski definition) is 5. The Morgan fingerprint density at radius 3 is 1.97 bits per heavy atom. The largest absolute Gasteiger partial charge is 0.460 e. The first-order valence-corrected chi connectivity index (χ1v) is 15.2. The second kappa shape index (κ2) is 12.5. The number of likely N-dealkylation sites (tertiary alicyclic amines) is 1. The number of nitrogens with zero attached hydrogens (tertiary/aromatic N) is 1. The van der Waals surface area contributed by atoms with Crippen molar-refractivity contribution < 1.29 is 18.7 Å². The summed E-state index contributed by atoms with van der Waals surface area (Å²) in [6.07, 6.45) is 2.41. The van der Waals surface area contributed by atoms with Crippen molar-refractivity contribution in [1.82, 2.24) is 4.90 Å². The molecule has 6 heteroatoms. The predicted octanol–water partition coefficient (Wildman–Crippen LogP) is 4.78. The van der Waals surface area contributed by atoms with Crippen LogP contribution in [0.15, 0.2) is 60.7 Å². The lowest BCUT2D eigenvalue weighted by atomic mass is 10.0. The fraction of sp³-hybridized carbons (Fsp3) is 0.567. The molecule has 198 valence electrons. The molecule has 36 heavy (non-hydrogen) atoms. The molecule has 0 bridgehead atoms. The molecule has 0 radical (unpaired) electrons. The molecule has 0 aromatic heterocycles. The molecular formula is C30H45NO4Si. The zero-order valence-corrected chi connectivity index (χ0v) is 24.1. The summed E-state index contributed by atoms with van der Waals surface area (Å²) in [6.45, 7) is 16.5. The Balaban J connectivity index is 1.54. The van der Waals surface area contributed by atoms with Gasteiger partial charge in [0.1, 0.15) is 5.60 Å². The number of carbonyl (C=O) groups is 1. The Bertz CT molecular complexity index is 897. The Morgan fingerprint density at radius 1 is 0.917 bits per heavy atom. The van der Waals surface area contributed by atoms with Crippen LogP contribution in [-0.4, -0.2) is 63.7 Å². The Kier molecular flexibility index (Phi) is 9.92. The van der Waals surface area contributed by atoms with Gasteiger partial charge in [-0.15, -0.1) is 0 Å². The first kappa shape index (κ1) is 28.6. The molecule has 1 fully saturated rings. The maximum atomic E-state index is 11.8. The van der Waals surface area contributed by atoms with Gasteiger partial charge in [-0.25, -0.2) is 0 Å². The summed E-state index contributed by atoms with van der Waals surface area (Å²) in [4.78, 5) is 14.3. The monoisotopic (exact) mass is 511 g/mol. The van der Waals surface area contributed by atoms with Gasteiger partial charge >= 0.3 is 5.97 Å². The lowest BCUT2D eigenvalue weighted by Crippen LogP contribution is -2.68. The second-order valence-electron chi connectivity index (χ2n) is 11.8. The molecule has 0 unspecified atom stereocenters. The van der Waals surface area contributed by atoms with E-state index in [1.54, 1.807) is 0 Å². The number of hydrogen-bond donors (Lipinski definition) is 0. The highest BCUT2D eigenvalue weighted by molar-refractivity contribution is 6.99. The second-order valence-corrected chi connectivity index (χ2v) is 16.1. The summed E-state index contributed by atoms with van der Waals surface area (Å²) in [5.41, 5.74) is -0.444. The molecule has 5 nitrogen and oxygen atoms in total. The summed E-state index contributed by atoms with van der Waals surface area (Å²) in [5, 5.41) is 2.65. The predicted molar refractivity (Wildman–Crippen MR) is 149 cm³/mol. The maximum Gasteiger partial charge on any atom is 0.308 e. The standard InChI is InChI=1S/C30H45NO4Si/c1-29(2,3)35-28(32)19-23-33-22-13-20-31-21-18-25(31)24-34-36(30(4,5)6,26-14-9-7-10-15-26)27-16-11-8-12-17-27/h7-12,14-17,25H,13,18-24H2,1-6H3/t25-/m0/s1. The van der Waals surface area contributed by atoms with E-state index < -0.39 is 13.9 Å². The van der Waals surface area contributed by atoms with E-state index >= 15 is 0 Å². The SMILES string of the molecule is CC(C)(C)OC(=O)CCOCCCN1CC[C@H]1CO[Si](c1ccccc1)(c1ccccc1)C(C)(C)C. The summed E-state index contributed by atoms with van der Waals surface area (Å²) in [5.74, 6) is -0.203. The maximum absolute atomic E-state index is 11.8. The van der Waals surface area contributed by atoms with Gasteiger partial charge in [0.15, 0.2) is 0 Å². The average Bonchev–Trinajstić information content (AvgIpc) is 2.79. The van der Waals surface area contributed by atoms with Gasteiger partial charge in [0.2, 0.25) is 0 Å². The lowest BCUT2D eigenvalue weighted by molar-refractivity contribution is -0.156. The molecule has 2 aromatic carbocycles. The average molecular weight is 512 g/mol. The quantitative estimate of drug-likeness (QED) is 0.233. The van der Waals surface area contributed by atoms with Crippen molar-refractivity contribution >= 4 is 24.7 Å². The molecule has 2 aromatic rings. The van der Waals surface area contributed by atoms with Crippen LogP contribution in [0.2, 0.25) is 5.04 Å². The van der Waals surface area contributed by atoms with Crippen LogP contribution in [0.1, 0.15) is 60.8 Å². The van der Waals surface area contributed by atoms with Gasteiger partial charge in [0.25, 0.3) is 8.32 Å². The zero-order chi connectivity index (χ0) is 26.2. The Hall–Kier alpha value is -1.99. The molecule has 1 aliphatic heterocycles. The van der Waals surface area contributed by atoms with Crippen molar-refractivity contribution in [3.05, 3.63) is 60.7 Å². The van der Waals surface area contributed by atoms with E-state index in [1.165, 1.54) is 10.4 Å². The van der Waals surface area contributed by atoms with E-state index in [1.807, 2.05) is 20.8 Å². The van der Waals surface area contributed by atoms with Crippen molar-refractivity contribution in [3.63, 3.8) is 0 Å². The summed E-state index contributed by atoms with van der Waals surface area (Å²) >= 11 is 0. The molecule has 0 amide bonds. The van der Waals surface area contributed by atoms with Crippen molar-refractivity contribution in [2.75, 3.05) is 32.9 Å². The van der Waals surface area contributed by atoms with Gasteiger partial charge in [-0.3, -0.25) is 9.69 Å². The van der Waals surface area contributed by atoms with Crippen LogP contribution in [0, 0.1) is 0 Å². The van der Waals surface area contributed by atoms with E-state index in [4.69, 9.17) is 13.9 Å². The molecule has 1 aliphatic rings. The number of esters is 1. The molecule has 0 saturated carbocycles. The van der Waals surface area contributed by atoms with E-state index in [-0.39, 0.29) is 11.0 Å². The third-order valence-corrected chi connectivity index (χ3v) is 11.8. The molecule has 1 atom stereocenters. The molecule has 3 rings (SSSR count). The number of rotatable bonds is 12. The van der Waals surface area contributed by atoms with Crippen LogP contribution in [0.3, 0.4) is 0 Å². The molecule has 0 spiro atoms. The summed E-state index contributed by atoms with van der Waals surface area (Å²) in [7, 11) is -2.50. The van der Waals surface area contributed by atoms with Crippen LogP contribution >= 0.6 is 0 Å². The fourth-order valence-corrected chi connectivity index (χ4v) is 9.58. The highest BCUT2D eigenvalue weighted by atomic mass is 28.4. The van der Waals surface area contributed by atoms with E-state index in [9.17, 15) is 4.79 Å². The van der Waals surface area contributed by atoms with E-state index in [0.717, 1.165) is 32.5 Å². The number of benzene rings is 2. The molecule has 0 N–H and O–H groups in total. The van der Waals surface area contributed by atoms with Crippen LogP contribution in [0.25, 0.3) is 0 Å². The van der Waals surface area contributed by atoms with Gasteiger partial charge in [0, 0.05) is 25.7 Å². The van der Waals surface area contributed by atoms with E-state index in [0.29, 0.717) is 25.7 Å². The first-order valence-electron chi connectivity index (χ1n) is 13.3. The molecule has 1 saturated heterocycles. The minimum Gasteiger partial charge on any atom is -0.460 e. The summed E-state index contributed by atoms with van der Waals surface area (Å²) in [6, 6.07) is 22.1. The minimum absolute atomic E-state index is 0.00768. The number of carbonyl (C=O) groups excluding carboxylic acids is 1. The van der Waals surface area contributed by atoms with Crippen LogP contribution in [0.4, 0.5) is 0 Å². The highest BCUT2D eigenvalue weighted by Gasteiger charge is 2.50. The summed E-state index contributed by atoms with van der Waals surface area (Å²) < 4.78 is 18.1. The van der Waals surface area contributed by atoms with Crippen LogP contribution in [0.5, 0.6) is 0 Å².